The first-order chi connectivity index (χ1) is 5.36. The highest BCUT2D eigenvalue weighted by molar-refractivity contribution is 4.82. The Morgan fingerprint density at radius 2 is 1.55 bits per heavy atom. The van der Waals surface area contributed by atoms with Crippen LogP contribution in [0.25, 0.3) is 0 Å². The summed E-state index contributed by atoms with van der Waals surface area (Å²) in [5.74, 6) is 0. The number of rotatable bonds is 1. The molecule has 0 radical (unpaired) electrons. The van der Waals surface area contributed by atoms with Crippen LogP contribution < -0.4 is 0 Å². The van der Waals surface area contributed by atoms with Crippen molar-refractivity contribution in [1.82, 2.24) is 0 Å². The summed E-state index contributed by atoms with van der Waals surface area (Å²) in [6.07, 6.45) is 6.79. The van der Waals surface area contributed by atoms with Gasteiger partial charge in [0.1, 0.15) is 0 Å². The molecule has 0 aromatic rings. The van der Waals surface area contributed by atoms with Crippen molar-refractivity contribution in [1.29, 1.82) is 0 Å². The average Bonchev–Trinajstić information content (AvgIpc) is 2.05. The molecule has 3 heteroatoms. The first kappa shape index (κ1) is 8.97. The summed E-state index contributed by atoms with van der Waals surface area (Å²) in [6.45, 7) is 0. The van der Waals surface area contributed by atoms with Crippen molar-refractivity contribution in [2.75, 3.05) is 14.2 Å². The lowest BCUT2D eigenvalue weighted by molar-refractivity contribution is -0.248. The molecule has 66 valence electrons. The topological polar surface area (TPSA) is 27.7 Å². The number of ether oxygens (including phenoxy) is 1. The molecule has 0 N–H and O–H groups in total. The summed E-state index contributed by atoms with van der Waals surface area (Å²) >= 11 is 0. The Labute approximate surface area is 67.6 Å². The molecule has 0 amide bonds. The van der Waals surface area contributed by atoms with Crippen molar-refractivity contribution in [3.63, 3.8) is 0 Å². The van der Waals surface area contributed by atoms with E-state index >= 15 is 0 Å². The van der Waals surface area contributed by atoms with E-state index in [0.29, 0.717) is 12.2 Å². The molecule has 2 atom stereocenters. The number of hydrogen-bond donors (Lipinski definition) is 0. The van der Waals surface area contributed by atoms with Gasteiger partial charge in [-0.15, -0.1) is 0 Å². The monoisotopic (exact) mass is 160 g/mol. The lowest BCUT2D eigenvalue weighted by Crippen LogP contribution is -2.41. The van der Waals surface area contributed by atoms with Gasteiger partial charge in [-0.05, 0) is 25.7 Å². The minimum Gasteiger partial charge on any atom is -0.375 e. The van der Waals surface area contributed by atoms with Gasteiger partial charge in [0.2, 0.25) is 0 Å². The lowest BCUT2D eigenvalue weighted by atomic mass is 9.89. The molecule has 2 heterocycles. The maximum Gasteiger partial charge on any atom is 0.0712 e. The maximum absolute atomic E-state index is 5.38. The Kier molecular flexibility index (Phi) is 3.83. The van der Waals surface area contributed by atoms with Crippen LogP contribution in [0, 0.1) is 0 Å². The molecule has 2 saturated heterocycles. The third-order valence-electron chi connectivity index (χ3n) is 2.13. The van der Waals surface area contributed by atoms with Gasteiger partial charge in [-0.3, -0.25) is 0 Å². The second-order valence-corrected chi connectivity index (χ2v) is 2.88. The van der Waals surface area contributed by atoms with Crippen molar-refractivity contribution in [3.05, 3.63) is 0 Å². The van der Waals surface area contributed by atoms with E-state index in [4.69, 9.17) is 4.74 Å². The van der Waals surface area contributed by atoms with Gasteiger partial charge in [0.15, 0.2) is 0 Å². The van der Waals surface area contributed by atoms with Gasteiger partial charge in [-0.2, -0.15) is 0 Å². The fourth-order valence-corrected chi connectivity index (χ4v) is 1.50. The van der Waals surface area contributed by atoms with E-state index in [-0.39, 0.29) is 0 Å². The zero-order valence-corrected chi connectivity index (χ0v) is 7.21. The largest absolute Gasteiger partial charge is 0.375 e. The van der Waals surface area contributed by atoms with Crippen LogP contribution in [0.2, 0.25) is 0 Å². The molecule has 0 spiro atoms. The van der Waals surface area contributed by atoms with Crippen LogP contribution in [0.5, 0.6) is 0 Å². The van der Waals surface area contributed by atoms with Crippen LogP contribution in [-0.2, 0) is 14.5 Å². The number of hydrogen-bond acceptors (Lipinski definition) is 3. The van der Waals surface area contributed by atoms with Gasteiger partial charge in [0.05, 0.1) is 26.4 Å². The highest BCUT2D eigenvalue weighted by Gasteiger charge is 2.33. The standard InChI is InChI=1S/C6H10O.C2H6O2/c1-2-5-4-6(3-1)7-5;1-3-4-2/h5-6H,1-4H2;1-2H3. The van der Waals surface area contributed by atoms with Gasteiger partial charge in [-0.1, -0.05) is 0 Å². The van der Waals surface area contributed by atoms with Crippen molar-refractivity contribution in [2.45, 2.75) is 37.9 Å². The smallest absolute Gasteiger partial charge is 0.0712 e. The molecule has 11 heavy (non-hydrogen) atoms. The molecule has 0 aromatic heterocycles. The van der Waals surface area contributed by atoms with Gasteiger partial charge >= 0.3 is 0 Å². The van der Waals surface area contributed by atoms with Crippen molar-refractivity contribution >= 4 is 0 Å². The summed E-state index contributed by atoms with van der Waals surface area (Å²) in [7, 11) is 2.92. The predicted molar refractivity (Wildman–Crippen MR) is 41.1 cm³/mol. The van der Waals surface area contributed by atoms with Crippen LogP contribution in [0.1, 0.15) is 25.7 Å². The zero-order valence-electron chi connectivity index (χ0n) is 7.21. The third kappa shape index (κ3) is 2.77. The molecule has 2 bridgehead atoms. The fraction of sp³-hybridized carbons (Fsp3) is 1.00. The van der Waals surface area contributed by atoms with E-state index in [2.05, 4.69) is 9.78 Å². The Hall–Kier alpha value is -0.120. The van der Waals surface area contributed by atoms with Crippen molar-refractivity contribution in [2.24, 2.45) is 0 Å². The first-order valence-electron chi connectivity index (χ1n) is 4.09. The van der Waals surface area contributed by atoms with Gasteiger partial charge < -0.3 is 4.74 Å². The summed E-state index contributed by atoms with van der Waals surface area (Å²) < 4.78 is 5.38. The highest BCUT2D eigenvalue weighted by atomic mass is 17.2. The van der Waals surface area contributed by atoms with E-state index in [1.165, 1.54) is 39.9 Å². The Morgan fingerprint density at radius 3 is 1.64 bits per heavy atom. The van der Waals surface area contributed by atoms with E-state index in [1.807, 2.05) is 0 Å². The molecule has 1 aliphatic carbocycles. The van der Waals surface area contributed by atoms with Crippen molar-refractivity contribution < 1.29 is 14.5 Å². The molecule has 3 nitrogen and oxygen atoms in total. The zero-order chi connectivity index (χ0) is 8.10. The minimum absolute atomic E-state index is 0.679. The van der Waals surface area contributed by atoms with Gasteiger partial charge in [0, 0.05) is 0 Å². The van der Waals surface area contributed by atoms with Crippen LogP contribution in [-0.4, -0.2) is 26.4 Å². The van der Waals surface area contributed by atoms with Crippen LogP contribution in [0.15, 0.2) is 0 Å². The van der Waals surface area contributed by atoms with E-state index < -0.39 is 0 Å². The van der Waals surface area contributed by atoms with E-state index in [1.54, 1.807) is 0 Å². The van der Waals surface area contributed by atoms with E-state index in [0.717, 1.165) is 0 Å². The average molecular weight is 160 g/mol. The molecule has 1 saturated carbocycles. The molecule has 2 unspecified atom stereocenters. The second kappa shape index (κ2) is 4.70. The normalized spacial score (nSPS) is 33.3. The Bertz CT molecular complexity index is 84.0. The van der Waals surface area contributed by atoms with Gasteiger partial charge in [-0.25, -0.2) is 9.78 Å². The summed E-state index contributed by atoms with van der Waals surface area (Å²) in [4.78, 5) is 8.08. The summed E-state index contributed by atoms with van der Waals surface area (Å²) in [5.41, 5.74) is 0. The van der Waals surface area contributed by atoms with Crippen LogP contribution >= 0.6 is 0 Å². The molecule has 3 fully saturated rings. The molecular formula is C8H16O3. The fourth-order valence-electron chi connectivity index (χ4n) is 1.50. The second-order valence-electron chi connectivity index (χ2n) is 2.88. The lowest BCUT2D eigenvalue weighted by Gasteiger charge is -2.41. The molecule has 3 rings (SSSR count). The third-order valence-corrected chi connectivity index (χ3v) is 2.13. The van der Waals surface area contributed by atoms with Crippen LogP contribution in [0.4, 0.5) is 0 Å². The van der Waals surface area contributed by atoms with Crippen molar-refractivity contribution in [3.8, 4) is 0 Å². The van der Waals surface area contributed by atoms with E-state index in [9.17, 15) is 0 Å². The molecule has 0 aromatic carbocycles. The molecular weight excluding hydrogens is 144 g/mol. The molecule has 3 aliphatic rings. The molecule has 2 aliphatic heterocycles. The maximum atomic E-state index is 5.38. The first-order valence-corrected chi connectivity index (χ1v) is 4.09. The Morgan fingerprint density at radius 1 is 1.09 bits per heavy atom. The van der Waals surface area contributed by atoms with Gasteiger partial charge in [0.25, 0.3) is 0 Å². The summed E-state index contributed by atoms with van der Waals surface area (Å²) in [5, 5.41) is 0. The summed E-state index contributed by atoms with van der Waals surface area (Å²) in [6, 6.07) is 0. The highest BCUT2D eigenvalue weighted by Crippen LogP contribution is 2.33. The predicted octanol–water partition coefficient (Wildman–Crippen LogP) is 1.52. The van der Waals surface area contributed by atoms with Crippen LogP contribution in [0.3, 0.4) is 0 Å². The number of fused-ring (bicyclic) bond motifs is 2. The minimum atomic E-state index is 0.679. The Balaban J connectivity index is 0.000000134. The quantitative estimate of drug-likeness (QED) is 0.430. The SMILES string of the molecule is C1CC2CC(C1)O2.COOC.